The molecule has 0 amide bonds. The SMILES string of the molecule is CCc1ccc(S(=O)(=O)Nc2ccc(Nc3ccc(C)cc3)nc2)cc1. The maximum atomic E-state index is 12.5. The van der Waals surface area contributed by atoms with Crippen molar-refractivity contribution >= 4 is 27.2 Å². The molecule has 0 fully saturated rings. The van der Waals surface area contributed by atoms with Gasteiger partial charge in [-0.15, -0.1) is 0 Å². The molecular weight excluding hydrogens is 346 g/mol. The number of pyridine rings is 1. The Hall–Kier alpha value is -2.86. The highest BCUT2D eigenvalue weighted by molar-refractivity contribution is 7.92. The fourth-order valence-corrected chi connectivity index (χ4v) is 3.47. The first-order valence-electron chi connectivity index (χ1n) is 8.38. The van der Waals surface area contributed by atoms with Crippen LogP contribution in [0.4, 0.5) is 17.2 Å². The zero-order valence-electron chi connectivity index (χ0n) is 14.7. The van der Waals surface area contributed by atoms with E-state index in [1.807, 2.05) is 50.2 Å². The zero-order chi connectivity index (χ0) is 18.6. The summed E-state index contributed by atoms with van der Waals surface area (Å²) in [6, 6.07) is 18.2. The first kappa shape index (κ1) is 17.9. The smallest absolute Gasteiger partial charge is 0.261 e. The summed E-state index contributed by atoms with van der Waals surface area (Å²) in [6.45, 7) is 4.05. The summed E-state index contributed by atoms with van der Waals surface area (Å²) in [7, 11) is -3.63. The van der Waals surface area contributed by atoms with Gasteiger partial charge in [-0.2, -0.15) is 0 Å². The summed E-state index contributed by atoms with van der Waals surface area (Å²) in [5.41, 5.74) is 3.61. The van der Waals surface area contributed by atoms with E-state index < -0.39 is 10.0 Å². The van der Waals surface area contributed by atoms with Gasteiger partial charge in [-0.3, -0.25) is 4.72 Å². The molecule has 3 aromatic rings. The lowest BCUT2D eigenvalue weighted by Gasteiger charge is -2.10. The molecule has 0 radical (unpaired) electrons. The highest BCUT2D eigenvalue weighted by Gasteiger charge is 2.14. The van der Waals surface area contributed by atoms with Crippen LogP contribution in [0.1, 0.15) is 18.1 Å². The molecule has 0 unspecified atom stereocenters. The predicted octanol–water partition coefficient (Wildman–Crippen LogP) is 4.50. The Bertz CT molecular complexity index is 965. The third-order valence-electron chi connectivity index (χ3n) is 3.98. The van der Waals surface area contributed by atoms with Crippen molar-refractivity contribution in [3.8, 4) is 0 Å². The average molecular weight is 367 g/mol. The second-order valence-electron chi connectivity index (χ2n) is 6.03. The Balaban J connectivity index is 1.70. The predicted molar refractivity (Wildman–Crippen MR) is 105 cm³/mol. The number of hydrogen-bond donors (Lipinski definition) is 2. The van der Waals surface area contributed by atoms with Gasteiger partial charge in [0.2, 0.25) is 0 Å². The summed E-state index contributed by atoms with van der Waals surface area (Å²) >= 11 is 0. The van der Waals surface area contributed by atoms with Gasteiger partial charge in [-0.25, -0.2) is 13.4 Å². The number of aryl methyl sites for hydroxylation is 2. The van der Waals surface area contributed by atoms with Crippen molar-refractivity contribution < 1.29 is 8.42 Å². The Morgan fingerprint density at radius 1 is 0.885 bits per heavy atom. The van der Waals surface area contributed by atoms with Crippen molar-refractivity contribution in [3.05, 3.63) is 78.0 Å². The summed E-state index contributed by atoms with van der Waals surface area (Å²) in [5, 5.41) is 3.18. The lowest BCUT2D eigenvalue weighted by molar-refractivity contribution is 0.601. The molecule has 0 spiro atoms. The van der Waals surface area contributed by atoms with Crippen LogP contribution in [0.2, 0.25) is 0 Å². The van der Waals surface area contributed by atoms with E-state index in [2.05, 4.69) is 15.0 Å². The molecule has 0 saturated carbocycles. The van der Waals surface area contributed by atoms with Gasteiger partial charge in [0.1, 0.15) is 5.82 Å². The van der Waals surface area contributed by atoms with Gasteiger partial charge in [-0.1, -0.05) is 36.8 Å². The number of rotatable bonds is 6. The fraction of sp³-hybridized carbons (Fsp3) is 0.150. The van der Waals surface area contributed by atoms with Crippen molar-refractivity contribution in [2.45, 2.75) is 25.2 Å². The van der Waals surface area contributed by atoms with Crippen LogP contribution >= 0.6 is 0 Å². The van der Waals surface area contributed by atoms with Crippen LogP contribution in [0.5, 0.6) is 0 Å². The maximum absolute atomic E-state index is 12.5. The minimum absolute atomic E-state index is 0.233. The van der Waals surface area contributed by atoms with E-state index in [9.17, 15) is 8.42 Å². The largest absolute Gasteiger partial charge is 0.340 e. The van der Waals surface area contributed by atoms with E-state index in [4.69, 9.17) is 0 Å². The molecule has 0 aliphatic heterocycles. The normalized spacial score (nSPS) is 11.2. The molecule has 3 rings (SSSR count). The molecular formula is C20H21N3O2S. The summed E-state index contributed by atoms with van der Waals surface area (Å²) in [4.78, 5) is 4.50. The molecule has 2 N–H and O–H groups in total. The Morgan fingerprint density at radius 2 is 1.54 bits per heavy atom. The van der Waals surface area contributed by atoms with Crippen molar-refractivity contribution in [3.63, 3.8) is 0 Å². The molecule has 0 atom stereocenters. The Morgan fingerprint density at radius 3 is 2.12 bits per heavy atom. The van der Waals surface area contributed by atoms with Crippen molar-refractivity contribution in [1.82, 2.24) is 4.98 Å². The molecule has 2 aromatic carbocycles. The lowest BCUT2D eigenvalue weighted by Crippen LogP contribution is -2.13. The average Bonchev–Trinajstić information content (AvgIpc) is 2.65. The van der Waals surface area contributed by atoms with Gasteiger partial charge >= 0.3 is 0 Å². The van der Waals surface area contributed by atoms with Crippen molar-refractivity contribution in [2.75, 3.05) is 10.0 Å². The van der Waals surface area contributed by atoms with Gasteiger partial charge in [0.25, 0.3) is 10.0 Å². The minimum atomic E-state index is -3.63. The lowest BCUT2D eigenvalue weighted by atomic mass is 10.2. The van der Waals surface area contributed by atoms with Crippen LogP contribution in [0.15, 0.2) is 71.8 Å². The fourth-order valence-electron chi connectivity index (χ4n) is 2.43. The van der Waals surface area contributed by atoms with Crippen LogP contribution in [-0.2, 0) is 16.4 Å². The third-order valence-corrected chi connectivity index (χ3v) is 5.38. The molecule has 1 heterocycles. The molecule has 1 aromatic heterocycles. The monoisotopic (exact) mass is 367 g/mol. The van der Waals surface area contributed by atoms with Crippen LogP contribution in [-0.4, -0.2) is 13.4 Å². The quantitative estimate of drug-likeness (QED) is 0.673. The first-order chi connectivity index (χ1) is 12.5. The van der Waals surface area contributed by atoms with E-state index >= 15 is 0 Å². The standard InChI is InChI=1S/C20H21N3O2S/c1-3-16-6-11-19(12-7-16)26(24,25)23-18-10-13-20(21-14-18)22-17-8-4-15(2)5-9-17/h4-14,23H,3H2,1-2H3,(H,21,22). The molecule has 0 saturated heterocycles. The number of sulfonamides is 1. The molecule has 0 aliphatic rings. The molecule has 0 bridgehead atoms. The number of aromatic nitrogens is 1. The van der Waals surface area contributed by atoms with Gasteiger partial charge in [0, 0.05) is 5.69 Å². The van der Waals surface area contributed by atoms with Crippen LogP contribution < -0.4 is 10.0 Å². The second kappa shape index (κ2) is 7.58. The van der Waals surface area contributed by atoms with E-state index in [0.29, 0.717) is 11.5 Å². The van der Waals surface area contributed by atoms with Gasteiger partial charge in [-0.05, 0) is 55.3 Å². The van der Waals surface area contributed by atoms with E-state index in [-0.39, 0.29) is 4.90 Å². The highest BCUT2D eigenvalue weighted by atomic mass is 32.2. The highest BCUT2D eigenvalue weighted by Crippen LogP contribution is 2.19. The number of hydrogen-bond acceptors (Lipinski definition) is 4. The number of nitrogens with one attached hydrogen (secondary N) is 2. The first-order valence-corrected chi connectivity index (χ1v) is 9.86. The molecule has 0 aliphatic carbocycles. The second-order valence-corrected chi connectivity index (χ2v) is 7.71. The van der Waals surface area contributed by atoms with Crippen LogP contribution in [0, 0.1) is 6.92 Å². The van der Waals surface area contributed by atoms with Gasteiger partial charge in [0.15, 0.2) is 0 Å². The van der Waals surface area contributed by atoms with E-state index in [0.717, 1.165) is 17.7 Å². The molecule has 6 heteroatoms. The third kappa shape index (κ3) is 4.40. The molecule has 134 valence electrons. The van der Waals surface area contributed by atoms with E-state index in [1.165, 1.54) is 11.8 Å². The number of anilines is 3. The summed E-state index contributed by atoms with van der Waals surface area (Å²) in [6.07, 6.45) is 2.36. The molecule has 5 nitrogen and oxygen atoms in total. The van der Waals surface area contributed by atoms with E-state index in [1.54, 1.807) is 24.3 Å². The van der Waals surface area contributed by atoms with Crippen molar-refractivity contribution in [1.29, 1.82) is 0 Å². The maximum Gasteiger partial charge on any atom is 0.261 e. The molecule has 26 heavy (non-hydrogen) atoms. The van der Waals surface area contributed by atoms with Gasteiger partial charge < -0.3 is 5.32 Å². The summed E-state index contributed by atoms with van der Waals surface area (Å²) < 4.78 is 27.5. The number of benzene rings is 2. The van der Waals surface area contributed by atoms with Crippen LogP contribution in [0.3, 0.4) is 0 Å². The Kier molecular flexibility index (Phi) is 5.23. The van der Waals surface area contributed by atoms with Crippen LogP contribution in [0.25, 0.3) is 0 Å². The number of nitrogens with zero attached hydrogens (tertiary/aromatic N) is 1. The summed E-state index contributed by atoms with van der Waals surface area (Å²) in [5.74, 6) is 0.643. The minimum Gasteiger partial charge on any atom is -0.340 e. The Labute approximate surface area is 154 Å². The van der Waals surface area contributed by atoms with Gasteiger partial charge in [0.05, 0.1) is 16.8 Å². The van der Waals surface area contributed by atoms with Crippen molar-refractivity contribution in [2.24, 2.45) is 0 Å². The topological polar surface area (TPSA) is 71.1 Å². The zero-order valence-corrected chi connectivity index (χ0v) is 15.5.